The molecule has 5 nitrogen and oxygen atoms in total. The molecule has 0 aliphatic carbocycles. The Morgan fingerprint density at radius 3 is 2.78 bits per heavy atom. The Morgan fingerprint density at radius 1 is 1.22 bits per heavy atom. The Kier molecular flexibility index (Phi) is 2.33. The van der Waals surface area contributed by atoms with E-state index in [1.807, 2.05) is 19.1 Å². The Balaban J connectivity index is 2.16. The molecule has 0 bridgehead atoms. The van der Waals surface area contributed by atoms with E-state index in [0.29, 0.717) is 24.3 Å². The van der Waals surface area contributed by atoms with Crippen LogP contribution in [0.25, 0.3) is 0 Å². The van der Waals surface area contributed by atoms with Gasteiger partial charge in [0.2, 0.25) is 0 Å². The number of amides is 1. The van der Waals surface area contributed by atoms with Gasteiger partial charge in [-0.05, 0) is 18.6 Å². The van der Waals surface area contributed by atoms with Crippen LogP contribution in [0.15, 0.2) is 24.5 Å². The molecule has 2 aliphatic heterocycles. The summed E-state index contributed by atoms with van der Waals surface area (Å²) in [6, 6.07) is 3.82. The summed E-state index contributed by atoms with van der Waals surface area (Å²) in [6.07, 6.45) is 3.47. The zero-order valence-corrected chi connectivity index (χ0v) is 9.99. The van der Waals surface area contributed by atoms with Crippen molar-refractivity contribution >= 4 is 23.1 Å². The Hall–Kier alpha value is -2.30. The lowest BCUT2D eigenvalue weighted by atomic mass is 9.94. The second-order valence-corrected chi connectivity index (χ2v) is 4.29. The van der Waals surface area contributed by atoms with Gasteiger partial charge in [0, 0.05) is 25.5 Å². The van der Waals surface area contributed by atoms with Crippen LogP contribution in [-0.4, -0.2) is 23.1 Å². The Bertz CT molecular complexity index is 578. The van der Waals surface area contributed by atoms with Crippen molar-refractivity contribution in [1.29, 1.82) is 0 Å². The van der Waals surface area contributed by atoms with Gasteiger partial charge in [-0.15, -0.1) is 0 Å². The molecule has 2 aliphatic rings. The summed E-state index contributed by atoms with van der Waals surface area (Å²) in [7, 11) is 0. The summed E-state index contributed by atoms with van der Waals surface area (Å²) >= 11 is 0. The summed E-state index contributed by atoms with van der Waals surface area (Å²) in [5.74, 6) is -0.852. The molecule has 0 fully saturated rings. The maximum atomic E-state index is 12.2. The number of anilines is 2. The van der Waals surface area contributed by atoms with E-state index in [0.717, 1.165) is 11.3 Å². The van der Waals surface area contributed by atoms with Gasteiger partial charge in [-0.1, -0.05) is 6.07 Å². The van der Waals surface area contributed by atoms with E-state index >= 15 is 0 Å². The summed E-state index contributed by atoms with van der Waals surface area (Å²) in [4.78, 5) is 25.6. The molecule has 1 amide bonds. The van der Waals surface area contributed by atoms with Gasteiger partial charge < -0.3 is 15.5 Å². The third kappa shape index (κ3) is 1.40. The van der Waals surface area contributed by atoms with Crippen LogP contribution >= 0.6 is 0 Å². The standard InChI is InChI=1S/C13H13N3O2/c1-2-16-7-8-3-4-9-11(15-6-5-14-9)10(8)12(17)13(16)18/h3-6,14-15H,2,7H2,1H3. The average Bonchev–Trinajstić information content (AvgIpc) is 2.42. The second-order valence-electron chi connectivity index (χ2n) is 4.29. The minimum absolute atomic E-state index is 0.422. The fraction of sp³-hybridized carbons (Fsp3) is 0.231. The third-order valence-corrected chi connectivity index (χ3v) is 3.29. The number of rotatable bonds is 1. The number of carbonyl (C=O) groups excluding carboxylic acids is 2. The molecule has 2 heterocycles. The quantitative estimate of drug-likeness (QED) is 0.734. The van der Waals surface area contributed by atoms with E-state index < -0.39 is 11.7 Å². The topological polar surface area (TPSA) is 61.4 Å². The number of nitrogens with zero attached hydrogens (tertiary/aromatic N) is 1. The van der Waals surface area contributed by atoms with Crippen LogP contribution in [0.4, 0.5) is 11.4 Å². The van der Waals surface area contributed by atoms with Crippen molar-refractivity contribution in [2.75, 3.05) is 17.2 Å². The van der Waals surface area contributed by atoms with Crippen LogP contribution in [0.1, 0.15) is 22.8 Å². The number of benzene rings is 1. The largest absolute Gasteiger partial charge is 0.359 e. The van der Waals surface area contributed by atoms with Crippen molar-refractivity contribution in [3.05, 3.63) is 35.7 Å². The van der Waals surface area contributed by atoms with Crippen molar-refractivity contribution in [3.8, 4) is 0 Å². The van der Waals surface area contributed by atoms with Crippen molar-refractivity contribution in [3.63, 3.8) is 0 Å². The van der Waals surface area contributed by atoms with Gasteiger partial charge in [0.25, 0.3) is 11.7 Å². The first-order valence-corrected chi connectivity index (χ1v) is 5.90. The second kappa shape index (κ2) is 3.87. The molecule has 0 spiro atoms. The number of Topliss-reactive ketones (excluding diaryl/α,β-unsaturated/α-hetero) is 1. The van der Waals surface area contributed by atoms with Crippen molar-refractivity contribution in [2.24, 2.45) is 0 Å². The van der Waals surface area contributed by atoms with E-state index in [-0.39, 0.29) is 0 Å². The number of hydrogen-bond acceptors (Lipinski definition) is 4. The molecule has 0 aromatic heterocycles. The van der Waals surface area contributed by atoms with Crippen LogP contribution in [0.3, 0.4) is 0 Å². The fourth-order valence-electron chi connectivity index (χ4n) is 2.35. The molecule has 92 valence electrons. The number of fused-ring (bicyclic) bond motifs is 3. The number of nitrogens with one attached hydrogen (secondary N) is 2. The molecule has 18 heavy (non-hydrogen) atoms. The Morgan fingerprint density at radius 2 is 2.00 bits per heavy atom. The molecule has 0 saturated heterocycles. The molecule has 0 saturated carbocycles. The fourth-order valence-corrected chi connectivity index (χ4v) is 2.35. The van der Waals surface area contributed by atoms with Crippen molar-refractivity contribution in [1.82, 2.24) is 4.90 Å². The predicted molar refractivity (Wildman–Crippen MR) is 68.2 cm³/mol. The van der Waals surface area contributed by atoms with Crippen molar-refractivity contribution in [2.45, 2.75) is 13.5 Å². The van der Waals surface area contributed by atoms with Gasteiger partial charge in [-0.2, -0.15) is 0 Å². The van der Waals surface area contributed by atoms with Gasteiger partial charge in [0.15, 0.2) is 0 Å². The first-order chi connectivity index (χ1) is 8.72. The first-order valence-electron chi connectivity index (χ1n) is 5.90. The minimum Gasteiger partial charge on any atom is -0.359 e. The van der Waals surface area contributed by atoms with Crippen LogP contribution in [0.2, 0.25) is 0 Å². The van der Waals surface area contributed by atoms with E-state index in [1.54, 1.807) is 17.3 Å². The SMILES string of the molecule is CCN1Cc2ccc3c(c2C(=O)C1=O)NC=CN3. The molecule has 5 heteroatoms. The molecular weight excluding hydrogens is 230 g/mol. The summed E-state index contributed by atoms with van der Waals surface area (Å²) in [6.45, 7) is 2.92. The number of ketones is 1. The van der Waals surface area contributed by atoms with Crippen LogP contribution in [0.5, 0.6) is 0 Å². The lowest BCUT2D eigenvalue weighted by Crippen LogP contribution is -2.41. The molecule has 3 rings (SSSR count). The predicted octanol–water partition coefficient (Wildman–Crippen LogP) is 1.54. The summed E-state index contributed by atoms with van der Waals surface area (Å²) in [5.41, 5.74) is 2.91. The number of carbonyl (C=O) groups is 2. The molecule has 0 unspecified atom stereocenters. The highest BCUT2D eigenvalue weighted by Gasteiger charge is 2.33. The highest BCUT2D eigenvalue weighted by molar-refractivity contribution is 6.45. The molecule has 0 atom stereocenters. The molecule has 1 aromatic rings. The lowest BCUT2D eigenvalue weighted by molar-refractivity contribution is -0.127. The molecule has 0 radical (unpaired) electrons. The first kappa shape index (κ1) is 10.8. The van der Waals surface area contributed by atoms with E-state index in [1.165, 1.54) is 0 Å². The highest BCUT2D eigenvalue weighted by atomic mass is 16.2. The zero-order valence-electron chi connectivity index (χ0n) is 9.99. The maximum absolute atomic E-state index is 12.2. The normalized spacial score (nSPS) is 16.8. The van der Waals surface area contributed by atoms with E-state index in [4.69, 9.17) is 0 Å². The van der Waals surface area contributed by atoms with Crippen LogP contribution in [0, 0.1) is 0 Å². The van der Waals surface area contributed by atoms with Gasteiger partial charge >= 0.3 is 0 Å². The lowest BCUT2D eigenvalue weighted by Gasteiger charge is -2.29. The number of hydrogen-bond donors (Lipinski definition) is 2. The van der Waals surface area contributed by atoms with Gasteiger partial charge in [0.05, 0.1) is 16.9 Å². The van der Waals surface area contributed by atoms with Gasteiger partial charge in [-0.25, -0.2) is 0 Å². The van der Waals surface area contributed by atoms with E-state index in [9.17, 15) is 9.59 Å². The molecular formula is C13H13N3O2. The average molecular weight is 243 g/mol. The zero-order chi connectivity index (χ0) is 12.7. The maximum Gasteiger partial charge on any atom is 0.295 e. The number of likely N-dealkylation sites (N-methyl/N-ethyl adjacent to an activating group) is 1. The summed E-state index contributed by atoms with van der Waals surface area (Å²) < 4.78 is 0. The van der Waals surface area contributed by atoms with Crippen molar-refractivity contribution < 1.29 is 9.59 Å². The third-order valence-electron chi connectivity index (χ3n) is 3.29. The van der Waals surface area contributed by atoms with Crippen LogP contribution in [-0.2, 0) is 11.3 Å². The highest BCUT2D eigenvalue weighted by Crippen LogP contribution is 2.34. The monoisotopic (exact) mass is 243 g/mol. The van der Waals surface area contributed by atoms with Gasteiger partial charge in [0.1, 0.15) is 0 Å². The van der Waals surface area contributed by atoms with Gasteiger partial charge in [-0.3, -0.25) is 9.59 Å². The minimum atomic E-state index is -0.431. The summed E-state index contributed by atoms with van der Waals surface area (Å²) in [5, 5.41) is 6.09. The Labute approximate surface area is 104 Å². The smallest absolute Gasteiger partial charge is 0.295 e. The molecule has 2 N–H and O–H groups in total. The van der Waals surface area contributed by atoms with Crippen LogP contribution < -0.4 is 10.6 Å². The van der Waals surface area contributed by atoms with E-state index in [2.05, 4.69) is 10.6 Å². The molecule has 1 aromatic carbocycles.